The summed E-state index contributed by atoms with van der Waals surface area (Å²) >= 11 is 0. The largest absolute Gasteiger partial charge is 0.337 e. The van der Waals surface area contributed by atoms with Gasteiger partial charge in [0.2, 0.25) is 5.95 Å². The molecule has 3 atom stereocenters. The van der Waals surface area contributed by atoms with Crippen LogP contribution >= 0.6 is 0 Å². The first-order valence-electron chi connectivity index (χ1n) is 6.24. The summed E-state index contributed by atoms with van der Waals surface area (Å²) in [4.78, 5) is 10.5. The molecule has 0 spiro atoms. The van der Waals surface area contributed by atoms with E-state index in [0.29, 0.717) is 23.8 Å². The smallest absolute Gasteiger partial charge is 0.225 e. The first-order valence-corrected chi connectivity index (χ1v) is 6.24. The third kappa shape index (κ3) is 1.78. The fourth-order valence-corrected chi connectivity index (χ4v) is 3.23. The summed E-state index contributed by atoms with van der Waals surface area (Å²) in [6.45, 7) is 5.35. The van der Waals surface area contributed by atoms with Crippen LogP contribution in [0.2, 0.25) is 0 Å². The van der Waals surface area contributed by atoms with Gasteiger partial charge < -0.3 is 10.2 Å². The molecular formula is C12H17FN4. The van der Waals surface area contributed by atoms with E-state index in [-0.39, 0.29) is 5.82 Å². The molecule has 3 heterocycles. The van der Waals surface area contributed by atoms with Gasteiger partial charge in [0.1, 0.15) is 0 Å². The minimum absolute atomic E-state index is 0.372. The van der Waals surface area contributed by atoms with Crippen molar-refractivity contribution >= 4 is 5.95 Å². The Bertz CT molecular complexity index is 394. The fraction of sp³-hybridized carbons (Fsp3) is 0.667. The van der Waals surface area contributed by atoms with Gasteiger partial charge in [0.15, 0.2) is 5.82 Å². The van der Waals surface area contributed by atoms with Crippen molar-refractivity contribution in [2.45, 2.75) is 19.4 Å². The second-order valence-electron chi connectivity index (χ2n) is 4.91. The highest BCUT2D eigenvalue weighted by Gasteiger charge is 2.44. The molecule has 2 aliphatic rings. The van der Waals surface area contributed by atoms with Crippen molar-refractivity contribution < 1.29 is 4.39 Å². The number of hydrogen-bond acceptors (Lipinski definition) is 4. The second kappa shape index (κ2) is 4.22. The number of fused-ring (bicyclic) bond motifs is 1. The molecule has 17 heavy (non-hydrogen) atoms. The third-order valence-corrected chi connectivity index (χ3v) is 4.00. The predicted octanol–water partition coefficient (Wildman–Crippen LogP) is 1.05. The van der Waals surface area contributed by atoms with Crippen molar-refractivity contribution in [2.75, 3.05) is 24.5 Å². The van der Waals surface area contributed by atoms with Gasteiger partial charge in [-0.2, -0.15) is 0 Å². The van der Waals surface area contributed by atoms with E-state index in [4.69, 9.17) is 0 Å². The van der Waals surface area contributed by atoms with E-state index in [0.717, 1.165) is 26.1 Å². The van der Waals surface area contributed by atoms with E-state index in [2.05, 4.69) is 27.1 Å². The Hall–Kier alpha value is -1.23. The van der Waals surface area contributed by atoms with Gasteiger partial charge in [-0.15, -0.1) is 0 Å². The molecule has 0 saturated carbocycles. The zero-order valence-corrected chi connectivity index (χ0v) is 9.93. The van der Waals surface area contributed by atoms with E-state index in [9.17, 15) is 4.39 Å². The Morgan fingerprint density at radius 1 is 1.41 bits per heavy atom. The molecule has 1 aromatic rings. The molecule has 5 heteroatoms. The van der Waals surface area contributed by atoms with Crippen LogP contribution in [0, 0.1) is 17.7 Å². The summed E-state index contributed by atoms with van der Waals surface area (Å²) in [5, 5.41) is 3.44. The lowest BCUT2D eigenvalue weighted by atomic mass is 9.93. The molecule has 0 amide bonds. The van der Waals surface area contributed by atoms with Crippen LogP contribution < -0.4 is 10.2 Å². The van der Waals surface area contributed by atoms with E-state index in [1.807, 2.05) is 0 Å². The molecule has 1 aromatic heterocycles. The lowest BCUT2D eigenvalue weighted by Crippen LogP contribution is -2.36. The average Bonchev–Trinajstić information content (AvgIpc) is 2.89. The Labute approximate surface area is 100 Å². The summed E-state index contributed by atoms with van der Waals surface area (Å²) in [6, 6.07) is 0.487. The molecule has 0 bridgehead atoms. The molecule has 2 aliphatic heterocycles. The number of nitrogens with zero attached hydrogens (tertiary/aromatic N) is 3. The molecule has 2 fully saturated rings. The summed E-state index contributed by atoms with van der Waals surface area (Å²) in [5.74, 6) is 1.68. The van der Waals surface area contributed by atoms with E-state index < -0.39 is 0 Å². The van der Waals surface area contributed by atoms with E-state index >= 15 is 0 Å². The first kappa shape index (κ1) is 10.9. The summed E-state index contributed by atoms with van der Waals surface area (Å²) in [7, 11) is 0. The molecule has 3 rings (SSSR count). The van der Waals surface area contributed by atoms with Gasteiger partial charge in [0.25, 0.3) is 0 Å². The molecule has 0 aromatic carbocycles. The van der Waals surface area contributed by atoms with Crippen LogP contribution in [0.3, 0.4) is 0 Å². The van der Waals surface area contributed by atoms with Crippen molar-refractivity contribution in [3.05, 3.63) is 18.2 Å². The summed E-state index contributed by atoms with van der Waals surface area (Å²) < 4.78 is 12.8. The van der Waals surface area contributed by atoms with Crippen molar-refractivity contribution in [2.24, 2.45) is 11.8 Å². The lowest BCUT2D eigenvalue weighted by Gasteiger charge is -2.26. The van der Waals surface area contributed by atoms with Crippen LogP contribution in [-0.4, -0.2) is 35.6 Å². The lowest BCUT2D eigenvalue weighted by molar-refractivity contribution is 0.440. The Balaban J connectivity index is 1.85. The van der Waals surface area contributed by atoms with Crippen molar-refractivity contribution in [1.29, 1.82) is 0 Å². The highest BCUT2D eigenvalue weighted by Crippen LogP contribution is 2.35. The van der Waals surface area contributed by atoms with Crippen molar-refractivity contribution in [3.8, 4) is 0 Å². The molecule has 3 unspecified atom stereocenters. The highest BCUT2D eigenvalue weighted by atomic mass is 19.1. The van der Waals surface area contributed by atoms with Gasteiger partial charge in [0, 0.05) is 25.7 Å². The minimum atomic E-state index is -0.372. The molecule has 0 aliphatic carbocycles. The monoisotopic (exact) mass is 236 g/mol. The van der Waals surface area contributed by atoms with Gasteiger partial charge >= 0.3 is 0 Å². The van der Waals surface area contributed by atoms with Crippen molar-refractivity contribution in [3.63, 3.8) is 0 Å². The molecule has 4 nitrogen and oxygen atoms in total. The zero-order chi connectivity index (χ0) is 11.8. The normalized spacial score (nSPS) is 31.9. The Morgan fingerprint density at radius 2 is 2.18 bits per heavy atom. The molecule has 0 radical (unpaired) electrons. The summed E-state index contributed by atoms with van der Waals surface area (Å²) in [5.41, 5.74) is 0. The maximum absolute atomic E-state index is 12.8. The SMILES string of the molecule is CCC1C2CNCC2CN1c1ncc(F)cn1. The Kier molecular flexibility index (Phi) is 2.70. The third-order valence-electron chi connectivity index (χ3n) is 4.00. The van der Waals surface area contributed by atoms with Gasteiger partial charge in [-0.25, -0.2) is 14.4 Å². The van der Waals surface area contributed by atoms with Crippen LogP contribution in [0.5, 0.6) is 0 Å². The number of anilines is 1. The molecule has 2 saturated heterocycles. The summed E-state index contributed by atoms with van der Waals surface area (Å²) in [6.07, 6.45) is 3.59. The zero-order valence-electron chi connectivity index (χ0n) is 9.93. The Morgan fingerprint density at radius 3 is 2.88 bits per heavy atom. The van der Waals surface area contributed by atoms with Crippen molar-refractivity contribution in [1.82, 2.24) is 15.3 Å². The molecular weight excluding hydrogens is 219 g/mol. The van der Waals surface area contributed by atoms with Crippen LogP contribution in [0.4, 0.5) is 10.3 Å². The predicted molar refractivity (Wildman–Crippen MR) is 63.3 cm³/mol. The average molecular weight is 236 g/mol. The quantitative estimate of drug-likeness (QED) is 0.833. The van der Waals surface area contributed by atoms with Crippen LogP contribution in [-0.2, 0) is 0 Å². The number of rotatable bonds is 2. The van der Waals surface area contributed by atoms with Crippen LogP contribution in [0.25, 0.3) is 0 Å². The topological polar surface area (TPSA) is 41.0 Å². The van der Waals surface area contributed by atoms with E-state index in [1.165, 1.54) is 12.4 Å². The van der Waals surface area contributed by atoms with Gasteiger partial charge in [0.05, 0.1) is 12.4 Å². The highest BCUT2D eigenvalue weighted by molar-refractivity contribution is 5.35. The number of halogens is 1. The van der Waals surface area contributed by atoms with E-state index in [1.54, 1.807) is 0 Å². The second-order valence-corrected chi connectivity index (χ2v) is 4.91. The molecule has 92 valence electrons. The van der Waals surface area contributed by atoms with Gasteiger partial charge in [-0.3, -0.25) is 0 Å². The maximum Gasteiger partial charge on any atom is 0.225 e. The van der Waals surface area contributed by atoms with Gasteiger partial charge in [-0.1, -0.05) is 6.92 Å². The molecule has 1 N–H and O–H groups in total. The standard InChI is InChI=1S/C12H17FN4/c1-2-11-10-6-14-3-8(10)7-17(11)12-15-4-9(13)5-16-12/h4-5,8,10-11,14H,2-3,6-7H2,1H3. The minimum Gasteiger partial charge on any atom is -0.337 e. The first-order chi connectivity index (χ1) is 8.29. The van der Waals surface area contributed by atoms with Gasteiger partial charge in [-0.05, 0) is 18.3 Å². The van der Waals surface area contributed by atoms with Crippen LogP contribution in [0.1, 0.15) is 13.3 Å². The maximum atomic E-state index is 12.8. The fourth-order valence-electron chi connectivity index (χ4n) is 3.23. The number of hydrogen-bond donors (Lipinski definition) is 1. The van der Waals surface area contributed by atoms with Crippen LogP contribution in [0.15, 0.2) is 12.4 Å². The number of nitrogens with one attached hydrogen (secondary N) is 1. The number of aromatic nitrogens is 2.